The van der Waals surface area contributed by atoms with Crippen LogP contribution in [-0.2, 0) is 22.4 Å². The van der Waals surface area contributed by atoms with E-state index in [4.69, 9.17) is 0 Å². The summed E-state index contributed by atoms with van der Waals surface area (Å²) >= 11 is 4.84. The average Bonchev–Trinajstić information content (AvgIpc) is 3.25. The van der Waals surface area contributed by atoms with Crippen molar-refractivity contribution in [3.63, 3.8) is 0 Å². The van der Waals surface area contributed by atoms with Gasteiger partial charge in [0.15, 0.2) is 0 Å². The van der Waals surface area contributed by atoms with Gasteiger partial charge in [0.05, 0.1) is 17.1 Å². The minimum atomic E-state index is -0.469. The number of carbonyl (C=O) groups is 3. The first-order chi connectivity index (χ1) is 22.4. The number of rotatable bonds is 8. The number of fused-ring (bicyclic) bond motifs is 2. The molecular weight excluding hydrogens is 658 g/mol. The molecule has 0 aliphatic carbocycles. The van der Waals surface area contributed by atoms with Gasteiger partial charge in [-0.1, -0.05) is 88.7 Å². The predicted molar refractivity (Wildman–Crippen MR) is 189 cm³/mol. The Morgan fingerprint density at radius 1 is 0.739 bits per heavy atom. The molecule has 2 N–H and O–H groups in total. The first-order valence-electron chi connectivity index (χ1n) is 14.8. The molecule has 0 spiro atoms. The fraction of sp³-hybridized carbons (Fsp3) is 0.0789. The number of benzene rings is 5. The van der Waals surface area contributed by atoms with Gasteiger partial charge in [0, 0.05) is 20.6 Å². The van der Waals surface area contributed by atoms with Crippen LogP contribution in [0.1, 0.15) is 27.0 Å². The van der Waals surface area contributed by atoms with Crippen molar-refractivity contribution in [1.29, 1.82) is 0 Å². The van der Waals surface area contributed by atoms with Crippen molar-refractivity contribution in [2.24, 2.45) is 0 Å². The number of anilines is 3. The Bertz CT molecular complexity index is 1880. The number of amides is 3. The third-order valence-corrected chi connectivity index (χ3v) is 9.05. The lowest BCUT2D eigenvalue weighted by atomic mass is 10.0. The number of thioether (sulfide) groups is 1. The molecule has 5 aromatic rings. The highest BCUT2D eigenvalue weighted by Crippen LogP contribution is 2.37. The maximum atomic E-state index is 13.8. The molecule has 8 heteroatoms. The van der Waals surface area contributed by atoms with Gasteiger partial charge < -0.3 is 10.6 Å². The lowest BCUT2D eigenvalue weighted by Crippen LogP contribution is -2.30. The van der Waals surface area contributed by atoms with Gasteiger partial charge in [0.2, 0.25) is 5.91 Å². The van der Waals surface area contributed by atoms with Crippen molar-refractivity contribution >= 4 is 68.6 Å². The number of hydrogen-bond acceptors (Lipinski definition) is 4. The molecule has 0 saturated heterocycles. The molecule has 6 nitrogen and oxygen atoms in total. The van der Waals surface area contributed by atoms with E-state index in [1.165, 1.54) is 11.8 Å². The third-order valence-electron chi connectivity index (χ3n) is 7.54. The van der Waals surface area contributed by atoms with E-state index in [1.807, 2.05) is 89.8 Å². The van der Waals surface area contributed by atoms with Crippen molar-refractivity contribution in [3.8, 4) is 0 Å². The second-order valence-corrected chi connectivity index (χ2v) is 12.7. The van der Waals surface area contributed by atoms with E-state index in [0.717, 1.165) is 50.3 Å². The summed E-state index contributed by atoms with van der Waals surface area (Å²) < 4.78 is 0.904. The third kappa shape index (κ3) is 7.47. The summed E-state index contributed by atoms with van der Waals surface area (Å²) in [5.74, 6) is -0.673. The van der Waals surface area contributed by atoms with Crippen molar-refractivity contribution in [2.45, 2.75) is 17.7 Å². The summed E-state index contributed by atoms with van der Waals surface area (Å²) in [5, 5.41) is 5.69. The Morgan fingerprint density at radius 2 is 1.37 bits per heavy atom. The van der Waals surface area contributed by atoms with Gasteiger partial charge in [-0.05, 0) is 90.2 Å². The largest absolute Gasteiger partial charge is 0.321 e. The Morgan fingerprint density at radius 3 is 2.04 bits per heavy atom. The number of aryl methyl sites for hydroxylation is 2. The van der Waals surface area contributed by atoms with Gasteiger partial charge in [-0.15, -0.1) is 11.8 Å². The normalized spacial score (nSPS) is 12.4. The van der Waals surface area contributed by atoms with Gasteiger partial charge >= 0.3 is 0 Å². The van der Waals surface area contributed by atoms with Crippen LogP contribution < -0.4 is 15.5 Å². The molecule has 3 amide bonds. The summed E-state index contributed by atoms with van der Waals surface area (Å²) in [7, 11) is 0. The fourth-order valence-corrected chi connectivity index (χ4v) is 6.36. The van der Waals surface area contributed by atoms with Gasteiger partial charge in [-0.3, -0.25) is 19.3 Å². The molecule has 0 saturated carbocycles. The molecule has 6 rings (SSSR count). The Labute approximate surface area is 280 Å². The molecule has 5 aromatic carbocycles. The monoisotopic (exact) mass is 687 g/mol. The number of hydrogen-bond donors (Lipinski definition) is 2. The minimum absolute atomic E-state index is 0.0235. The summed E-state index contributed by atoms with van der Waals surface area (Å²) in [6, 6.07) is 39.7. The Kier molecular flexibility index (Phi) is 9.76. The summed E-state index contributed by atoms with van der Waals surface area (Å²) in [5.41, 5.74) is 5.96. The molecule has 1 heterocycles. The number of halogens is 1. The van der Waals surface area contributed by atoms with Gasteiger partial charge in [-0.25, -0.2) is 0 Å². The van der Waals surface area contributed by atoms with Crippen LogP contribution in [0.5, 0.6) is 0 Å². The maximum absolute atomic E-state index is 13.8. The minimum Gasteiger partial charge on any atom is -0.321 e. The highest BCUT2D eigenvalue weighted by molar-refractivity contribution is 9.10. The molecule has 1 aliphatic heterocycles. The average molecular weight is 689 g/mol. The van der Waals surface area contributed by atoms with E-state index in [0.29, 0.717) is 11.3 Å². The van der Waals surface area contributed by atoms with Crippen molar-refractivity contribution in [1.82, 2.24) is 5.32 Å². The van der Waals surface area contributed by atoms with Crippen LogP contribution in [0.2, 0.25) is 0 Å². The predicted octanol–water partition coefficient (Wildman–Crippen LogP) is 8.41. The van der Waals surface area contributed by atoms with Crippen LogP contribution in [-0.4, -0.2) is 23.5 Å². The van der Waals surface area contributed by atoms with Crippen LogP contribution in [0.15, 0.2) is 142 Å². The molecule has 0 fully saturated rings. The molecule has 0 radical (unpaired) electrons. The molecule has 0 atom stereocenters. The molecule has 46 heavy (non-hydrogen) atoms. The van der Waals surface area contributed by atoms with Crippen LogP contribution in [0.3, 0.4) is 0 Å². The van der Waals surface area contributed by atoms with E-state index in [2.05, 4.69) is 38.7 Å². The molecule has 0 bridgehead atoms. The van der Waals surface area contributed by atoms with E-state index in [1.54, 1.807) is 36.4 Å². The quantitative estimate of drug-likeness (QED) is 0.127. The SMILES string of the molecule is O=C(Nc1cccc(SCC(=O)N2c3ccccc3CCc3ccccc32)c1)/C(=C/c1ccc(Br)cc1)NC(=O)c1ccccc1. The standard InChI is InChI=1S/C38H30BrN3O3S/c39-30-21-17-26(18-22-30)23-33(41-37(44)29-11-2-1-3-12-29)38(45)40-31-13-8-14-32(24-31)46-25-36(43)42-34-15-6-4-9-27(34)19-20-28-10-5-7-16-35(28)42/h1-18,21-24H,19-20,25H2,(H,40,45)(H,41,44)/b33-23-. The fourth-order valence-electron chi connectivity index (χ4n) is 5.29. The van der Waals surface area contributed by atoms with Crippen molar-refractivity contribution in [3.05, 3.63) is 160 Å². The zero-order valence-electron chi connectivity index (χ0n) is 24.8. The molecule has 1 aliphatic rings. The number of nitrogens with zero attached hydrogens (tertiary/aromatic N) is 1. The highest BCUT2D eigenvalue weighted by atomic mass is 79.9. The smallest absolute Gasteiger partial charge is 0.272 e. The maximum Gasteiger partial charge on any atom is 0.272 e. The van der Waals surface area contributed by atoms with E-state index in [-0.39, 0.29) is 17.4 Å². The molecule has 228 valence electrons. The highest BCUT2D eigenvalue weighted by Gasteiger charge is 2.25. The van der Waals surface area contributed by atoms with Crippen molar-refractivity contribution < 1.29 is 14.4 Å². The number of nitrogens with one attached hydrogen (secondary N) is 2. The first-order valence-corrected chi connectivity index (χ1v) is 16.6. The second kappa shape index (κ2) is 14.5. The molecule has 0 unspecified atom stereocenters. The molecule has 0 aromatic heterocycles. The second-order valence-electron chi connectivity index (χ2n) is 10.7. The van der Waals surface area contributed by atoms with Crippen LogP contribution >= 0.6 is 27.7 Å². The van der Waals surface area contributed by atoms with Gasteiger partial charge in [0.25, 0.3) is 11.8 Å². The van der Waals surface area contributed by atoms with Crippen molar-refractivity contribution in [2.75, 3.05) is 16.0 Å². The zero-order valence-corrected chi connectivity index (χ0v) is 27.2. The zero-order chi connectivity index (χ0) is 31.9. The molecular formula is C38H30BrN3O3S. The number of para-hydroxylation sites is 2. The van der Waals surface area contributed by atoms with E-state index < -0.39 is 11.8 Å². The van der Waals surface area contributed by atoms with Crippen LogP contribution in [0.25, 0.3) is 6.08 Å². The lowest BCUT2D eigenvalue weighted by molar-refractivity contribution is -0.115. The lowest BCUT2D eigenvalue weighted by Gasteiger charge is -2.25. The summed E-state index contributed by atoms with van der Waals surface area (Å²) in [6.45, 7) is 0. The van der Waals surface area contributed by atoms with Crippen LogP contribution in [0, 0.1) is 0 Å². The summed E-state index contributed by atoms with van der Waals surface area (Å²) in [6.07, 6.45) is 3.38. The van der Waals surface area contributed by atoms with E-state index in [9.17, 15) is 14.4 Å². The Balaban J connectivity index is 1.19. The first kappa shape index (κ1) is 31.1. The van der Waals surface area contributed by atoms with Crippen LogP contribution in [0.4, 0.5) is 17.1 Å². The topological polar surface area (TPSA) is 78.5 Å². The number of carbonyl (C=O) groups excluding carboxylic acids is 3. The van der Waals surface area contributed by atoms with Gasteiger partial charge in [0.1, 0.15) is 5.70 Å². The Hall–Kier alpha value is -4.92. The summed E-state index contributed by atoms with van der Waals surface area (Å²) in [4.78, 5) is 43.0. The van der Waals surface area contributed by atoms with E-state index >= 15 is 0 Å². The van der Waals surface area contributed by atoms with Gasteiger partial charge in [-0.2, -0.15) is 0 Å².